The lowest BCUT2D eigenvalue weighted by atomic mass is 10.1. The Balaban J connectivity index is 1.24. The summed E-state index contributed by atoms with van der Waals surface area (Å²) in [4.78, 5) is 7.64. The molecular formula is C31H43N3O. The fourth-order valence-corrected chi connectivity index (χ4v) is 5.22. The molecule has 0 amide bonds. The predicted molar refractivity (Wildman–Crippen MR) is 149 cm³/mol. The summed E-state index contributed by atoms with van der Waals surface area (Å²) >= 11 is 0. The molecule has 2 aromatic carbocycles. The number of benzene rings is 2. The summed E-state index contributed by atoms with van der Waals surface area (Å²) in [5, 5.41) is 2.33. The van der Waals surface area contributed by atoms with Crippen molar-refractivity contribution in [2.45, 2.75) is 45.6 Å². The van der Waals surface area contributed by atoms with E-state index in [4.69, 9.17) is 4.74 Å². The van der Waals surface area contributed by atoms with Gasteiger partial charge >= 0.3 is 0 Å². The molecule has 35 heavy (non-hydrogen) atoms. The van der Waals surface area contributed by atoms with Gasteiger partial charge in [-0.05, 0) is 73.5 Å². The molecule has 2 aromatic rings. The van der Waals surface area contributed by atoms with Crippen LogP contribution in [0.25, 0.3) is 12.7 Å². The molecule has 0 radical (unpaired) electrons. The summed E-state index contributed by atoms with van der Waals surface area (Å²) < 4.78 is 6.12. The second-order valence-electron chi connectivity index (χ2n) is 9.91. The van der Waals surface area contributed by atoms with Gasteiger partial charge in [-0.1, -0.05) is 61.9 Å². The van der Waals surface area contributed by atoms with Gasteiger partial charge in [-0.25, -0.2) is 0 Å². The molecule has 188 valence electrons. The van der Waals surface area contributed by atoms with E-state index in [-0.39, 0.29) is 0 Å². The van der Waals surface area contributed by atoms with E-state index < -0.39 is 0 Å². The molecular weight excluding hydrogens is 430 g/mol. The molecule has 0 unspecified atom stereocenters. The van der Waals surface area contributed by atoms with E-state index in [0.29, 0.717) is 0 Å². The van der Waals surface area contributed by atoms with Gasteiger partial charge in [0.25, 0.3) is 0 Å². The Bertz CT molecular complexity index is 1050. The third kappa shape index (κ3) is 7.71. The third-order valence-corrected chi connectivity index (χ3v) is 7.26. The second-order valence-corrected chi connectivity index (χ2v) is 9.91. The van der Waals surface area contributed by atoms with Crippen molar-refractivity contribution in [3.8, 4) is 5.75 Å². The maximum absolute atomic E-state index is 6.12. The maximum atomic E-state index is 6.12. The van der Waals surface area contributed by atoms with Crippen molar-refractivity contribution in [3.05, 3.63) is 70.6 Å². The molecule has 2 aliphatic heterocycles. The zero-order valence-corrected chi connectivity index (χ0v) is 21.6. The SMILES string of the molecule is C=c1c(N2CCN(Cc3cccc(OCCCN4CCCCCC4)c3)CC2)ccc/c1=C/C=C\C. The zero-order chi connectivity index (χ0) is 24.3. The third-order valence-electron chi connectivity index (χ3n) is 7.26. The summed E-state index contributed by atoms with van der Waals surface area (Å²) in [5.41, 5.74) is 2.60. The first-order valence-corrected chi connectivity index (χ1v) is 13.6. The van der Waals surface area contributed by atoms with Gasteiger partial charge in [0.05, 0.1) is 6.61 Å². The largest absolute Gasteiger partial charge is 0.494 e. The lowest BCUT2D eigenvalue weighted by Crippen LogP contribution is -2.48. The van der Waals surface area contributed by atoms with Crippen molar-refractivity contribution < 1.29 is 4.74 Å². The Morgan fingerprint density at radius 3 is 2.43 bits per heavy atom. The average molecular weight is 474 g/mol. The summed E-state index contributed by atoms with van der Waals surface area (Å²) in [6, 6.07) is 15.2. The standard InChI is InChI=1S/C31H43N3O/c1-3-4-13-29-14-10-16-31(27(29)2)34-22-20-33(21-23-34)26-28-12-9-15-30(25-28)35-24-11-19-32-17-7-5-6-8-18-32/h3-4,9-10,12-16,25H,2,5-8,11,17-24,26H2,1H3/b4-3-,29-13-. The molecule has 0 spiro atoms. The fourth-order valence-electron chi connectivity index (χ4n) is 5.22. The number of allylic oxidation sites excluding steroid dienone is 2. The number of anilines is 1. The number of nitrogens with zero attached hydrogens (tertiary/aromatic N) is 3. The molecule has 2 saturated heterocycles. The van der Waals surface area contributed by atoms with Crippen LogP contribution in [0.15, 0.2) is 54.6 Å². The second kappa shape index (κ2) is 13.5. The van der Waals surface area contributed by atoms with Crippen LogP contribution < -0.4 is 20.1 Å². The summed E-state index contributed by atoms with van der Waals surface area (Å²) in [7, 11) is 0. The van der Waals surface area contributed by atoms with Crippen molar-refractivity contribution >= 4 is 18.3 Å². The Labute approximate surface area is 212 Å². The maximum Gasteiger partial charge on any atom is 0.119 e. The molecule has 0 atom stereocenters. The van der Waals surface area contributed by atoms with Crippen LogP contribution in [0.3, 0.4) is 0 Å². The Morgan fingerprint density at radius 1 is 0.886 bits per heavy atom. The lowest BCUT2D eigenvalue weighted by Gasteiger charge is -2.36. The molecule has 4 nitrogen and oxygen atoms in total. The highest BCUT2D eigenvalue weighted by atomic mass is 16.5. The van der Waals surface area contributed by atoms with Crippen molar-refractivity contribution in [1.29, 1.82) is 0 Å². The highest BCUT2D eigenvalue weighted by Gasteiger charge is 2.18. The van der Waals surface area contributed by atoms with Gasteiger partial charge in [0.1, 0.15) is 5.75 Å². The minimum atomic E-state index is 0.802. The Hall–Kier alpha value is -2.56. The Morgan fingerprint density at radius 2 is 1.66 bits per heavy atom. The van der Waals surface area contributed by atoms with Crippen LogP contribution in [-0.4, -0.2) is 62.2 Å². The highest BCUT2D eigenvalue weighted by molar-refractivity contribution is 5.52. The summed E-state index contributed by atoms with van der Waals surface area (Å²) in [6.07, 6.45) is 12.9. The number of likely N-dealkylation sites (tertiary alicyclic amines) is 1. The van der Waals surface area contributed by atoms with Crippen LogP contribution in [0.4, 0.5) is 5.69 Å². The van der Waals surface area contributed by atoms with Gasteiger partial charge in [-0.15, -0.1) is 0 Å². The highest BCUT2D eigenvalue weighted by Crippen LogP contribution is 2.18. The van der Waals surface area contributed by atoms with Gasteiger partial charge < -0.3 is 14.5 Å². The monoisotopic (exact) mass is 473 g/mol. The van der Waals surface area contributed by atoms with Gasteiger partial charge in [0, 0.05) is 45.0 Å². The summed E-state index contributed by atoms with van der Waals surface area (Å²) in [5.74, 6) is 1.01. The van der Waals surface area contributed by atoms with Gasteiger partial charge in [0.15, 0.2) is 0 Å². The molecule has 2 heterocycles. The smallest absolute Gasteiger partial charge is 0.119 e. The van der Waals surface area contributed by atoms with Crippen LogP contribution in [0, 0.1) is 0 Å². The van der Waals surface area contributed by atoms with Crippen LogP contribution in [0.5, 0.6) is 5.75 Å². The molecule has 0 saturated carbocycles. The van der Waals surface area contributed by atoms with E-state index in [9.17, 15) is 0 Å². The van der Waals surface area contributed by atoms with Crippen LogP contribution >= 0.6 is 0 Å². The van der Waals surface area contributed by atoms with E-state index in [1.165, 1.54) is 55.2 Å². The number of rotatable bonds is 9. The minimum absolute atomic E-state index is 0.802. The lowest BCUT2D eigenvalue weighted by molar-refractivity contribution is 0.238. The number of hydrogen-bond donors (Lipinski definition) is 0. The molecule has 4 rings (SSSR count). The van der Waals surface area contributed by atoms with E-state index in [2.05, 4.69) is 82.0 Å². The first kappa shape index (κ1) is 25.5. The summed E-state index contributed by atoms with van der Waals surface area (Å²) in [6.45, 7) is 16.1. The molecule has 0 aliphatic carbocycles. The number of hydrogen-bond acceptors (Lipinski definition) is 4. The van der Waals surface area contributed by atoms with Crippen LogP contribution in [0.1, 0.15) is 44.6 Å². The van der Waals surface area contributed by atoms with Crippen molar-refractivity contribution in [2.75, 3.05) is 57.3 Å². The van der Waals surface area contributed by atoms with Gasteiger partial charge in [-0.3, -0.25) is 4.90 Å². The molecule has 2 aliphatic rings. The minimum Gasteiger partial charge on any atom is -0.494 e. The predicted octanol–water partition coefficient (Wildman–Crippen LogP) is 4.42. The first-order chi connectivity index (χ1) is 17.2. The molecule has 0 N–H and O–H groups in total. The molecule has 0 bridgehead atoms. The molecule has 2 fully saturated rings. The quantitative estimate of drug-likeness (QED) is 0.502. The van der Waals surface area contributed by atoms with Crippen molar-refractivity contribution in [1.82, 2.24) is 9.80 Å². The molecule has 4 heteroatoms. The van der Waals surface area contributed by atoms with Crippen molar-refractivity contribution in [2.24, 2.45) is 0 Å². The van der Waals surface area contributed by atoms with E-state index >= 15 is 0 Å². The number of piperazine rings is 1. The van der Waals surface area contributed by atoms with Crippen LogP contribution in [-0.2, 0) is 6.54 Å². The average Bonchev–Trinajstić information content (AvgIpc) is 3.16. The molecule has 0 aromatic heterocycles. The van der Waals surface area contributed by atoms with Gasteiger partial charge in [0.2, 0.25) is 0 Å². The van der Waals surface area contributed by atoms with Gasteiger partial charge in [-0.2, -0.15) is 0 Å². The normalized spacial score (nSPS) is 18.8. The zero-order valence-electron chi connectivity index (χ0n) is 21.6. The van der Waals surface area contributed by atoms with E-state index in [1.54, 1.807) is 0 Å². The van der Waals surface area contributed by atoms with E-state index in [0.717, 1.165) is 63.3 Å². The Kier molecular flexibility index (Phi) is 9.85. The number of ether oxygens (including phenoxy) is 1. The topological polar surface area (TPSA) is 19.0 Å². The first-order valence-electron chi connectivity index (χ1n) is 13.6. The van der Waals surface area contributed by atoms with Crippen molar-refractivity contribution in [3.63, 3.8) is 0 Å². The van der Waals surface area contributed by atoms with Crippen LogP contribution in [0.2, 0.25) is 0 Å². The van der Waals surface area contributed by atoms with E-state index in [1.807, 2.05) is 6.92 Å². The fraction of sp³-hybridized carbons (Fsp3) is 0.484.